The van der Waals surface area contributed by atoms with E-state index in [9.17, 15) is 0 Å². The van der Waals surface area contributed by atoms with Crippen molar-refractivity contribution in [2.24, 2.45) is 11.8 Å². The maximum absolute atomic E-state index is 9.11. The first-order valence-corrected chi connectivity index (χ1v) is 5.81. The first-order chi connectivity index (χ1) is 8.13. The van der Waals surface area contributed by atoms with Gasteiger partial charge in [-0.25, -0.2) is 15.8 Å². The number of hydrazine groups is 1. The molecular weight excluding hydrogens is 218 g/mol. The summed E-state index contributed by atoms with van der Waals surface area (Å²) in [4.78, 5) is 8.28. The minimum Gasteiger partial charge on any atom is -0.396 e. The second-order valence-corrected chi connectivity index (χ2v) is 4.14. The Morgan fingerprint density at radius 3 is 2.53 bits per heavy atom. The van der Waals surface area contributed by atoms with Crippen LogP contribution in [0.4, 0.5) is 11.6 Å². The molecule has 6 nitrogen and oxygen atoms in total. The number of hydrogen-bond acceptors (Lipinski definition) is 6. The van der Waals surface area contributed by atoms with Crippen LogP contribution in [-0.2, 0) is 6.42 Å². The first-order valence-electron chi connectivity index (χ1n) is 5.81. The third-order valence-electron chi connectivity index (χ3n) is 2.94. The van der Waals surface area contributed by atoms with Crippen molar-refractivity contribution in [3.05, 3.63) is 11.9 Å². The number of aliphatic hydroxyl groups is 1. The van der Waals surface area contributed by atoms with Crippen LogP contribution in [0.25, 0.3) is 0 Å². The van der Waals surface area contributed by atoms with Crippen LogP contribution < -0.4 is 16.6 Å². The molecule has 0 fully saturated rings. The molecule has 0 aliphatic rings. The lowest BCUT2D eigenvalue weighted by atomic mass is 10.0. The van der Waals surface area contributed by atoms with E-state index < -0.39 is 0 Å². The van der Waals surface area contributed by atoms with Gasteiger partial charge >= 0.3 is 0 Å². The molecule has 0 spiro atoms. The molecule has 1 aromatic rings. The van der Waals surface area contributed by atoms with Crippen LogP contribution >= 0.6 is 0 Å². The fourth-order valence-corrected chi connectivity index (χ4v) is 1.51. The average Bonchev–Trinajstić information content (AvgIpc) is 2.37. The van der Waals surface area contributed by atoms with E-state index in [1.54, 1.807) is 0 Å². The molecule has 0 saturated heterocycles. The number of nitrogen functional groups attached to an aromatic ring is 1. The highest BCUT2D eigenvalue weighted by Gasteiger charge is 2.15. The number of nitrogens with two attached hydrogens (primary N) is 1. The number of aromatic nitrogens is 2. The van der Waals surface area contributed by atoms with E-state index in [1.165, 1.54) is 6.33 Å². The summed E-state index contributed by atoms with van der Waals surface area (Å²) in [6, 6.07) is 0.130. The number of hydrogen-bond donors (Lipinski definition) is 4. The van der Waals surface area contributed by atoms with Gasteiger partial charge in [-0.2, -0.15) is 0 Å². The molecule has 0 aliphatic carbocycles. The van der Waals surface area contributed by atoms with E-state index in [4.69, 9.17) is 10.9 Å². The summed E-state index contributed by atoms with van der Waals surface area (Å²) < 4.78 is 0. The van der Waals surface area contributed by atoms with Crippen LogP contribution in [0.15, 0.2) is 6.33 Å². The molecule has 2 unspecified atom stereocenters. The summed E-state index contributed by atoms with van der Waals surface area (Å²) in [6.45, 7) is 6.15. The third kappa shape index (κ3) is 3.28. The van der Waals surface area contributed by atoms with Crippen LogP contribution in [0.5, 0.6) is 0 Å². The molecule has 5 N–H and O–H groups in total. The summed E-state index contributed by atoms with van der Waals surface area (Å²) in [7, 11) is 0. The van der Waals surface area contributed by atoms with Gasteiger partial charge < -0.3 is 15.8 Å². The lowest BCUT2D eigenvalue weighted by molar-refractivity contribution is 0.226. The van der Waals surface area contributed by atoms with E-state index in [0.29, 0.717) is 5.82 Å². The zero-order valence-corrected chi connectivity index (χ0v) is 10.6. The average molecular weight is 239 g/mol. The smallest absolute Gasteiger partial charge is 0.148 e. The highest BCUT2D eigenvalue weighted by atomic mass is 16.3. The number of nitrogens with zero attached hydrogens (tertiary/aromatic N) is 2. The zero-order valence-electron chi connectivity index (χ0n) is 10.6. The van der Waals surface area contributed by atoms with Gasteiger partial charge in [0.15, 0.2) is 0 Å². The largest absolute Gasteiger partial charge is 0.396 e. The quantitative estimate of drug-likeness (QED) is 0.432. The number of aliphatic hydroxyl groups excluding tert-OH is 1. The minimum atomic E-state index is 0.130. The zero-order chi connectivity index (χ0) is 12.8. The van der Waals surface area contributed by atoms with Crippen molar-refractivity contribution in [3.8, 4) is 0 Å². The van der Waals surface area contributed by atoms with Crippen LogP contribution in [-0.4, -0.2) is 27.7 Å². The number of nitrogens with one attached hydrogen (secondary N) is 2. The van der Waals surface area contributed by atoms with Crippen molar-refractivity contribution in [2.75, 3.05) is 17.3 Å². The standard InChI is InChI=1S/C11H21N5O/c1-4-9-10(13-6-14-11(9)16-12)15-8(3)7(2)5-17/h6-8,17H,4-5,12H2,1-3H3,(H2,13,14,15,16). The van der Waals surface area contributed by atoms with Crippen molar-refractivity contribution >= 4 is 11.6 Å². The Balaban J connectivity index is 2.90. The monoisotopic (exact) mass is 239 g/mol. The van der Waals surface area contributed by atoms with Gasteiger partial charge in [-0.15, -0.1) is 0 Å². The Morgan fingerprint density at radius 1 is 1.35 bits per heavy atom. The van der Waals surface area contributed by atoms with Crippen LogP contribution in [0.1, 0.15) is 26.3 Å². The maximum Gasteiger partial charge on any atom is 0.148 e. The normalized spacial score (nSPS) is 14.2. The molecule has 2 atom stereocenters. The summed E-state index contributed by atoms with van der Waals surface area (Å²) in [5, 5.41) is 12.4. The second kappa shape index (κ2) is 6.36. The van der Waals surface area contributed by atoms with Crippen molar-refractivity contribution < 1.29 is 5.11 Å². The second-order valence-electron chi connectivity index (χ2n) is 4.14. The topological polar surface area (TPSA) is 96.1 Å². The van der Waals surface area contributed by atoms with Crippen LogP contribution in [0.2, 0.25) is 0 Å². The van der Waals surface area contributed by atoms with Gasteiger partial charge in [0.25, 0.3) is 0 Å². The number of anilines is 2. The molecule has 0 amide bonds. The lowest BCUT2D eigenvalue weighted by Gasteiger charge is -2.21. The van der Waals surface area contributed by atoms with E-state index in [-0.39, 0.29) is 18.6 Å². The summed E-state index contributed by atoms with van der Waals surface area (Å²) in [5.74, 6) is 6.96. The van der Waals surface area contributed by atoms with Gasteiger partial charge in [-0.05, 0) is 19.3 Å². The van der Waals surface area contributed by atoms with Crippen LogP contribution in [0.3, 0.4) is 0 Å². The predicted octanol–water partition coefficient (Wildman–Crippen LogP) is 0.753. The molecule has 0 aliphatic heterocycles. The predicted molar refractivity (Wildman–Crippen MR) is 68.6 cm³/mol. The molecule has 96 valence electrons. The van der Waals surface area contributed by atoms with E-state index >= 15 is 0 Å². The maximum atomic E-state index is 9.11. The molecule has 17 heavy (non-hydrogen) atoms. The van der Waals surface area contributed by atoms with E-state index in [0.717, 1.165) is 17.8 Å². The number of rotatable bonds is 6. The minimum absolute atomic E-state index is 0.130. The molecule has 0 saturated carbocycles. The lowest BCUT2D eigenvalue weighted by Crippen LogP contribution is -2.27. The summed E-state index contributed by atoms with van der Waals surface area (Å²) in [6.07, 6.45) is 2.25. The van der Waals surface area contributed by atoms with Gasteiger partial charge in [0.05, 0.1) is 0 Å². The molecular formula is C11H21N5O. The molecule has 0 radical (unpaired) electrons. The van der Waals surface area contributed by atoms with Crippen molar-refractivity contribution in [1.82, 2.24) is 9.97 Å². The van der Waals surface area contributed by atoms with E-state index in [2.05, 4.69) is 20.7 Å². The van der Waals surface area contributed by atoms with Gasteiger partial charge in [0.1, 0.15) is 18.0 Å². The fraction of sp³-hybridized carbons (Fsp3) is 0.636. The highest BCUT2D eigenvalue weighted by molar-refractivity contribution is 5.57. The molecule has 0 aromatic carbocycles. The SMILES string of the molecule is CCc1c(NN)ncnc1NC(C)C(C)CO. The Kier molecular flexibility index (Phi) is 5.11. The Labute approximate surface area is 102 Å². The van der Waals surface area contributed by atoms with Gasteiger partial charge in [0, 0.05) is 18.2 Å². The Bertz CT molecular complexity index is 358. The highest BCUT2D eigenvalue weighted by Crippen LogP contribution is 2.21. The Hall–Kier alpha value is -1.40. The van der Waals surface area contributed by atoms with Crippen molar-refractivity contribution in [1.29, 1.82) is 0 Å². The van der Waals surface area contributed by atoms with Gasteiger partial charge in [0.2, 0.25) is 0 Å². The first kappa shape index (κ1) is 13.7. The molecule has 1 aromatic heterocycles. The molecule has 1 heterocycles. The van der Waals surface area contributed by atoms with E-state index in [1.807, 2.05) is 20.8 Å². The van der Waals surface area contributed by atoms with Gasteiger partial charge in [-0.3, -0.25) is 0 Å². The van der Waals surface area contributed by atoms with Crippen molar-refractivity contribution in [3.63, 3.8) is 0 Å². The Morgan fingerprint density at radius 2 is 2.00 bits per heavy atom. The third-order valence-corrected chi connectivity index (χ3v) is 2.94. The fourth-order valence-electron chi connectivity index (χ4n) is 1.51. The molecule has 6 heteroatoms. The molecule has 1 rings (SSSR count). The van der Waals surface area contributed by atoms with Crippen LogP contribution in [0, 0.1) is 5.92 Å². The summed E-state index contributed by atoms with van der Waals surface area (Å²) in [5.41, 5.74) is 3.51. The van der Waals surface area contributed by atoms with Gasteiger partial charge in [-0.1, -0.05) is 13.8 Å². The van der Waals surface area contributed by atoms with Crippen molar-refractivity contribution in [2.45, 2.75) is 33.2 Å². The summed E-state index contributed by atoms with van der Waals surface area (Å²) >= 11 is 0. The molecule has 0 bridgehead atoms.